The molecule has 0 radical (unpaired) electrons. The molecule has 1 aliphatic heterocycles. The first-order valence-corrected chi connectivity index (χ1v) is 9.39. The van der Waals surface area contributed by atoms with Crippen molar-refractivity contribution in [3.63, 3.8) is 0 Å². The van der Waals surface area contributed by atoms with Crippen molar-refractivity contribution in [1.82, 2.24) is 0 Å². The Kier molecular flexibility index (Phi) is 5.82. The monoisotopic (exact) mass is 432 g/mol. The topological polar surface area (TPSA) is 81.9 Å². The van der Waals surface area contributed by atoms with Gasteiger partial charge in [-0.05, 0) is 54.7 Å². The summed E-state index contributed by atoms with van der Waals surface area (Å²) in [5, 5.41) is 0. The first kappa shape index (κ1) is 19.4. The Morgan fingerprint density at radius 2 is 2.04 bits per heavy atom. The fourth-order valence-electron chi connectivity index (χ4n) is 3.27. The summed E-state index contributed by atoms with van der Waals surface area (Å²) >= 11 is 3.48. The third kappa shape index (κ3) is 4.14. The van der Waals surface area contributed by atoms with Gasteiger partial charge in [-0.2, -0.15) is 0 Å². The average Bonchev–Trinajstić information content (AvgIpc) is 3.07. The molecule has 7 heteroatoms. The van der Waals surface area contributed by atoms with Crippen molar-refractivity contribution in [1.29, 1.82) is 0 Å². The van der Waals surface area contributed by atoms with E-state index in [0.717, 1.165) is 27.7 Å². The molecule has 2 aromatic carbocycles. The number of hydrogen-bond donors (Lipinski definition) is 1. The number of carbonyl (C=O) groups is 2. The van der Waals surface area contributed by atoms with Crippen LogP contribution in [0.15, 0.2) is 40.9 Å². The smallest absolute Gasteiger partial charge is 0.437 e. The van der Waals surface area contributed by atoms with E-state index in [2.05, 4.69) is 20.7 Å². The quantitative estimate of drug-likeness (QED) is 0.591. The molecule has 0 aromatic heterocycles. The number of carbonyl (C=O) groups excluding carboxylic acids is 2. The number of hydrogen-bond acceptors (Lipinski definition) is 5. The van der Waals surface area contributed by atoms with E-state index in [4.69, 9.17) is 10.5 Å². The molecule has 1 heterocycles. The van der Waals surface area contributed by atoms with Crippen LogP contribution < -0.4 is 15.4 Å². The molecule has 2 N–H and O–H groups in total. The van der Waals surface area contributed by atoms with Crippen LogP contribution in [-0.2, 0) is 22.4 Å². The van der Waals surface area contributed by atoms with Gasteiger partial charge in [0.05, 0.1) is 13.2 Å². The number of methoxy groups -OCH3 is 1. The van der Waals surface area contributed by atoms with Crippen LogP contribution in [0.25, 0.3) is 0 Å². The minimum Gasteiger partial charge on any atom is -0.437 e. The maximum absolute atomic E-state index is 12.9. The van der Waals surface area contributed by atoms with Crippen LogP contribution in [-0.4, -0.2) is 31.8 Å². The lowest BCUT2D eigenvalue weighted by Gasteiger charge is -2.22. The van der Waals surface area contributed by atoms with Crippen LogP contribution in [0.5, 0.6) is 5.75 Å². The number of para-hydroxylation sites is 1. The lowest BCUT2D eigenvalue weighted by atomic mass is 10.0. The number of aryl methyl sites for hydroxylation is 1. The highest BCUT2D eigenvalue weighted by Gasteiger charge is 2.28. The summed E-state index contributed by atoms with van der Waals surface area (Å²) < 4.78 is 10.3. The highest BCUT2D eigenvalue weighted by molar-refractivity contribution is 9.10. The van der Waals surface area contributed by atoms with Gasteiger partial charge in [-0.15, -0.1) is 0 Å². The van der Waals surface area contributed by atoms with E-state index in [1.807, 2.05) is 31.2 Å². The third-order valence-corrected chi connectivity index (χ3v) is 5.36. The second-order valence-electron chi connectivity index (χ2n) is 6.44. The second-order valence-corrected chi connectivity index (χ2v) is 7.29. The van der Waals surface area contributed by atoms with Crippen molar-refractivity contribution < 1.29 is 19.1 Å². The van der Waals surface area contributed by atoms with Gasteiger partial charge in [0.15, 0.2) is 0 Å². The standard InChI is InChI=1S/C20H21BrN2O4/c1-12-9-14(27-20(25)26-2)10-16(21)15(12)11-17(22)19(24)23-8-7-13-5-3-4-6-18(13)23/h3-6,9-10,17H,7-8,11,22H2,1-2H3. The number of ether oxygens (including phenoxy) is 2. The Labute approximate surface area is 166 Å². The molecule has 1 aliphatic rings. The molecule has 0 saturated carbocycles. The molecule has 0 bridgehead atoms. The van der Waals surface area contributed by atoms with E-state index in [9.17, 15) is 9.59 Å². The summed E-state index contributed by atoms with van der Waals surface area (Å²) in [6.07, 6.45) is 0.438. The number of nitrogens with zero attached hydrogens (tertiary/aromatic N) is 1. The molecule has 2 aromatic rings. The first-order valence-electron chi connectivity index (χ1n) is 8.60. The minimum absolute atomic E-state index is 0.0962. The van der Waals surface area contributed by atoms with Gasteiger partial charge in [0.25, 0.3) is 0 Å². The maximum Gasteiger partial charge on any atom is 0.513 e. The SMILES string of the molecule is COC(=O)Oc1cc(C)c(CC(N)C(=O)N2CCc3ccccc32)c(Br)c1. The number of anilines is 1. The zero-order valence-electron chi connectivity index (χ0n) is 15.2. The van der Waals surface area contributed by atoms with Crippen LogP contribution in [0, 0.1) is 6.92 Å². The second kappa shape index (κ2) is 8.10. The third-order valence-electron chi connectivity index (χ3n) is 4.65. The number of nitrogens with two attached hydrogens (primary N) is 1. The van der Waals surface area contributed by atoms with Gasteiger partial charge in [0, 0.05) is 16.7 Å². The van der Waals surface area contributed by atoms with Gasteiger partial charge >= 0.3 is 6.16 Å². The Balaban J connectivity index is 1.75. The molecule has 1 amide bonds. The van der Waals surface area contributed by atoms with Crippen LogP contribution in [0.1, 0.15) is 16.7 Å². The average molecular weight is 433 g/mol. The van der Waals surface area contributed by atoms with E-state index in [-0.39, 0.29) is 5.91 Å². The highest BCUT2D eigenvalue weighted by atomic mass is 79.9. The van der Waals surface area contributed by atoms with Crippen LogP contribution in [0.2, 0.25) is 0 Å². The van der Waals surface area contributed by atoms with Crippen LogP contribution >= 0.6 is 15.9 Å². The fourth-order valence-corrected chi connectivity index (χ4v) is 3.97. The predicted molar refractivity (Wildman–Crippen MR) is 106 cm³/mol. The molecule has 27 heavy (non-hydrogen) atoms. The van der Waals surface area contributed by atoms with E-state index in [1.54, 1.807) is 17.0 Å². The highest BCUT2D eigenvalue weighted by Crippen LogP contribution is 2.30. The van der Waals surface area contributed by atoms with Crippen molar-refractivity contribution >= 4 is 33.7 Å². The van der Waals surface area contributed by atoms with Crippen molar-refractivity contribution in [2.24, 2.45) is 5.73 Å². The molecule has 1 atom stereocenters. The summed E-state index contributed by atoms with van der Waals surface area (Å²) in [7, 11) is 1.25. The fraction of sp³-hybridized carbons (Fsp3) is 0.300. The summed E-state index contributed by atoms with van der Waals surface area (Å²) in [6.45, 7) is 2.53. The number of benzene rings is 2. The maximum atomic E-state index is 12.9. The Bertz CT molecular complexity index is 861. The lowest BCUT2D eigenvalue weighted by Crippen LogP contribution is -2.44. The van der Waals surface area contributed by atoms with Crippen LogP contribution in [0.4, 0.5) is 10.5 Å². The molecule has 6 nitrogen and oxygen atoms in total. The van der Waals surface area contributed by atoms with E-state index in [0.29, 0.717) is 18.7 Å². The molecular weight excluding hydrogens is 412 g/mol. The van der Waals surface area contributed by atoms with Crippen molar-refractivity contribution in [2.75, 3.05) is 18.6 Å². The Hall–Kier alpha value is -2.38. The molecule has 3 rings (SSSR count). The normalized spacial score (nSPS) is 13.9. The number of fused-ring (bicyclic) bond motifs is 1. The Morgan fingerprint density at radius 3 is 2.74 bits per heavy atom. The van der Waals surface area contributed by atoms with Gasteiger partial charge in [-0.25, -0.2) is 4.79 Å². The van der Waals surface area contributed by atoms with Crippen molar-refractivity contribution in [3.05, 3.63) is 57.6 Å². The Morgan fingerprint density at radius 1 is 1.30 bits per heavy atom. The zero-order valence-corrected chi connectivity index (χ0v) is 16.8. The van der Waals surface area contributed by atoms with Crippen molar-refractivity contribution in [3.8, 4) is 5.75 Å². The molecule has 0 saturated heterocycles. The lowest BCUT2D eigenvalue weighted by molar-refractivity contribution is -0.119. The van der Waals surface area contributed by atoms with E-state index < -0.39 is 12.2 Å². The van der Waals surface area contributed by atoms with E-state index >= 15 is 0 Å². The van der Waals surface area contributed by atoms with Gasteiger partial charge in [0.2, 0.25) is 5.91 Å². The number of halogens is 1. The largest absolute Gasteiger partial charge is 0.513 e. The molecule has 0 aliphatic carbocycles. The van der Waals surface area contributed by atoms with Gasteiger partial charge in [-0.1, -0.05) is 34.1 Å². The van der Waals surface area contributed by atoms with E-state index in [1.165, 1.54) is 12.7 Å². The molecule has 1 unspecified atom stereocenters. The summed E-state index contributed by atoms with van der Waals surface area (Å²) in [5.41, 5.74) is 10.1. The summed E-state index contributed by atoms with van der Waals surface area (Å²) in [6, 6.07) is 10.6. The first-order chi connectivity index (χ1) is 12.9. The van der Waals surface area contributed by atoms with Gasteiger partial charge in [-0.3, -0.25) is 4.79 Å². The zero-order chi connectivity index (χ0) is 19.6. The molecule has 0 fully saturated rings. The number of amides is 1. The minimum atomic E-state index is -0.784. The summed E-state index contributed by atoms with van der Waals surface area (Å²) in [4.78, 5) is 25.9. The number of rotatable bonds is 4. The molecule has 0 spiro atoms. The van der Waals surface area contributed by atoms with Crippen LogP contribution in [0.3, 0.4) is 0 Å². The van der Waals surface area contributed by atoms with Crippen molar-refractivity contribution in [2.45, 2.75) is 25.8 Å². The summed E-state index contributed by atoms with van der Waals surface area (Å²) in [5.74, 6) is 0.268. The van der Waals surface area contributed by atoms with Gasteiger partial charge in [0.1, 0.15) is 5.75 Å². The predicted octanol–water partition coefficient (Wildman–Crippen LogP) is 3.36. The molecule has 142 valence electrons. The van der Waals surface area contributed by atoms with Gasteiger partial charge < -0.3 is 20.1 Å². The molecular formula is C20H21BrN2O4.